The summed E-state index contributed by atoms with van der Waals surface area (Å²) in [5.74, 6) is -2.20. The molecule has 1 aromatic heterocycles. The van der Waals surface area contributed by atoms with Gasteiger partial charge in [0.15, 0.2) is 5.82 Å². The van der Waals surface area contributed by atoms with Gasteiger partial charge in [-0.15, -0.1) is 5.10 Å². The Bertz CT molecular complexity index is 1860. The van der Waals surface area contributed by atoms with Crippen LogP contribution in [-0.2, 0) is 20.7 Å². The van der Waals surface area contributed by atoms with Crippen LogP contribution in [0.4, 0.5) is 15.8 Å². The molecule has 0 radical (unpaired) electrons. The van der Waals surface area contributed by atoms with E-state index in [0.29, 0.717) is 29.8 Å². The molecule has 2 amide bonds. The van der Waals surface area contributed by atoms with Crippen molar-refractivity contribution in [3.8, 4) is 5.69 Å². The molecule has 2 heterocycles. The topological polar surface area (TPSA) is 135 Å². The fourth-order valence-electron chi connectivity index (χ4n) is 5.44. The Labute approximate surface area is 288 Å². The lowest BCUT2D eigenvalue weighted by Crippen LogP contribution is -2.45. The minimum atomic E-state index is -1.02. The van der Waals surface area contributed by atoms with E-state index in [0.717, 1.165) is 17.8 Å². The zero-order chi connectivity index (χ0) is 35.3. The summed E-state index contributed by atoms with van der Waals surface area (Å²) >= 11 is 6.08. The van der Waals surface area contributed by atoms with Gasteiger partial charge in [0, 0.05) is 42.6 Å². The second-order valence-electron chi connectivity index (χ2n) is 12.7. The first kappa shape index (κ1) is 35.2. The molecule has 0 aliphatic carbocycles. The summed E-state index contributed by atoms with van der Waals surface area (Å²) in [6, 6.07) is 13.9. The number of nitrogens with zero attached hydrogens (tertiary/aromatic N) is 6. The summed E-state index contributed by atoms with van der Waals surface area (Å²) in [6.07, 6.45) is 4.30. The van der Waals surface area contributed by atoms with Crippen molar-refractivity contribution in [1.29, 1.82) is 0 Å². The van der Waals surface area contributed by atoms with Crippen LogP contribution in [0.15, 0.2) is 67.0 Å². The number of amides is 2. The van der Waals surface area contributed by atoms with Crippen LogP contribution >= 0.6 is 11.6 Å². The summed E-state index contributed by atoms with van der Waals surface area (Å²) in [6.45, 7) is 7.05. The number of rotatable bonds is 10. The maximum Gasteiger partial charge on any atom is 0.338 e. The third kappa shape index (κ3) is 8.48. The molecule has 3 aromatic carbocycles. The van der Waals surface area contributed by atoms with Crippen LogP contribution in [0.25, 0.3) is 11.8 Å². The number of hydrogen-bond donors (Lipinski definition) is 2. The molecule has 49 heavy (non-hydrogen) atoms. The van der Waals surface area contributed by atoms with Crippen molar-refractivity contribution in [3.63, 3.8) is 0 Å². The molecule has 0 saturated heterocycles. The van der Waals surface area contributed by atoms with E-state index in [1.54, 1.807) is 45.0 Å². The molecule has 4 aromatic rings. The van der Waals surface area contributed by atoms with Gasteiger partial charge < -0.3 is 25.2 Å². The quantitative estimate of drug-likeness (QED) is 0.171. The zero-order valence-electron chi connectivity index (χ0n) is 27.9. The standard InChI is InChI=1S/C35H38ClFN8O4/c1-35(2,3)49-34(48)22-9-11-23(12-10-22)40-33(47)32-25-7-6-8-28(38-18-20-43(4)5)24(25)17-19-44(32)30(46)16-13-26-29(45-21-39-41-42-45)15-14-27(36)31(26)37/h6-16,21,32,38H,17-20H2,1-5H3,(H,40,47). The lowest BCUT2D eigenvalue weighted by Gasteiger charge is -2.36. The number of anilines is 2. The fraction of sp³-hybridized carbons (Fsp3) is 0.314. The smallest absolute Gasteiger partial charge is 0.338 e. The molecule has 0 fully saturated rings. The van der Waals surface area contributed by atoms with Gasteiger partial charge in [0.1, 0.15) is 18.0 Å². The van der Waals surface area contributed by atoms with Gasteiger partial charge in [-0.3, -0.25) is 9.59 Å². The first-order valence-corrected chi connectivity index (χ1v) is 16.0. The average Bonchev–Trinajstić information content (AvgIpc) is 3.59. The Morgan fingerprint density at radius 2 is 1.86 bits per heavy atom. The molecule has 0 spiro atoms. The molecule has 1 atom stereocenters. The molecular formula is C35H38ClFN8O4. The van der Waals surface area contributed by atoms with Crippen LogP contribution in [0, 0.1) is 5.82 Å². The van der Waals surface area contributed by atoms with E-state index in [4.69, 9.17) is 16.3 Å². The van der Waals surface area contributed by atoms with E-state index in [1.165, 1.54) is 40.2 Å². The molecule has 14 heteroatoms. The van der Waals surface area contributed by atoms with E-state index in [9.17, 15) is 14.4 Å². The van der Waals surface area contributed by atoms with Crippen LogP contribution in [-0.4, -0.2) is 87.1 Å². The van der Waals surface area contributed by atoms with Crippen molar-refractivity contribution in [3.05, 3.63) is 100 Å². The number of hydrogen-bond acceptors (Lipinski definition) is 9. The van der Waals surface area contributed by atoms with Crippen LogP contribution in [0.1, 0.15) is 53.9 Å². The Morgan fingerprint density at radius 1 is 1.10 bits per heavy atom. The van der Waals surface area contributed by atoms with Gasteiger partial charge >= 0.3 is 5.97 Å². The van der Waals surface area contributed by atoms with Crippen LogP contribution in [0.5, 0.6) is 0 Å². The Balaban J connectivity index is 1.46. The van der Waals surface area contributed by atoms with E-state index >= 15 is 4.39 Å². The number of esters is 1. The monoisotopic (exact) mass is 688 g/mol. The summed E-state index contributed by atoms with van der Waals surface area (Å²) in [5.41, 5.74) is 2.86. The second-order valence-corrected chi connectivity index (χ2v) is 13.1. The van der Waals surface area contributed by atoms with Crippen molar-refractivity contribution in [2.24, 2.45) is 0 Å². The first-order valence-electron chi connectivity index (χ1n) is 15.7. The molecule has 1 aliphatic rings. The minimum absolute atomic E-state index is 0.00372. The Morgan fingerprint density at radius 3 is 2.53 bits per heavy atom. The van der Waals surface area contributed by atoms with Gasteiger partial charge in [-0.2, -0.15) is 4.68 Å². The third-order valence-electron chi connectivity index (χ3n) is 7.71. The van der Waals surface area contributed by atoms with Gasteiger partial charge in [0.2, 0.25) is 5.91 Å². The number of aromatic nitrogens is 4. The third-order valence-corrected chi connectivity index (χ3v) is 8.00. The lowest BCUT2D eigenvalue weighted by atomic mass is 9.90. The number of tetrazole rings is 1. The largest absolute Gasteiger partial charge is 0.456 e. The highest BCUT2D eigenvalue weighted by atomic mass is 35.5. The normalized spacial score (nSPS) is 14.5. The highest BCUT2D eigenvalue weighted by molar-refractivity contribution is 6.31. The van der Waals surface area contributed by atoms with E-state index in [-0.39, 0.29) is 22.8 Å². The lowest BCUT2D eigenvalue weighted by molar-refractivity contribution is -0.135. The second kappa shape index (κ2) is 15.0. The molecule has 1 unspecified atom stereocenters. The number of carbonyl (C=O) groups is 3. The summed E-state index contributed by atoms with van der Waals surface area (Å²) < 4.78 is 22.0. The van der Waals surface area contributed by atoms with Gasteiger partial charge in [0.05, 0.1) is 16.3 Å². The highest BCUT2D eigenvalue weighted by Crippen LogP contribution is 2.36. The van der Waals surface area contributed by atoms with Gasteiger partial charge in [-0.1, -0.05) is 23.7 Å². The van der Waals surface area contributed by atoms with Gasteiger partial charge in [-0.05, 0) is 111 Å². The molecule has 1 aliphatic heterocycles. The summed E-state index contributed by atoms with van der Waals surface area (Å²) in [5, 5.41) is 17.3. The van der Waals surface area contributed by atoms with Crippen molar-refractivity contribution < 1.29 is 23.5 Å². The average molecular weight is 689 g/mol. The molecule has 0 bridgehead atoms. The number of nitrogens with one attached hydrogen (secondary N) is 2. The molecule has 12 nitrogen and oxygen atoms in total. The summed E-state index contributed by atoms with van der Waals surface area (Å²) in [7, 11) is 3.97. The predicted molar refractivity (Wildman–Crippen MR) is 185 cm³/mol. The van der Waals surface area contributed by atoms with Gasteiger partial charge in [0.25, 0.3) is 5.91 Å². The predicted octanol–water partition coefficient (Wildman–Crippen LogP) is 5.16. The fourth-order valence-corrected chi connectivity index (χ4v) is 5.61. The highest BCUT2D eigenvalue weighted by Gasteiger charge is 2.36. The molecule has 5 rings (SSSR count). The van der Waals surface area contributed by atoms with Crippen molar-refractivity contribution in [2.45, 2.75) is 38.8 Å². The maximum absolute atomic E-state index is 15.3. The minimum Gasteiger partial charge on any atom is -0.456 e. The molecule has 2 N–H and O–H groups in total. The van der Waals surface area contributed by atoms with Gasteiger partial charge in [-0.25, -0.2) is 9.18 Å². The molecular weight excluding hydrogens is 651 g/mol. The molecule has 256 valence electrons. The van der Waals surface area contributed by atoms with Crippen LogP contribution in [0.3, 0.4) is 0 Å². The first-order chi connectivity index (χ1) is 23.3. The molecule has 0 saturated carbocycles. The Kier molecular flexibility index (Phi) is 10.7. The number of fused-ring (bicyclic) bond motifs is 1. The summed E-state index contributed by atoms with van der Waals surface area (Å²) in [4.78, 5) is 44.0. The van der Waals surface area contributed by atoms with Crippen molar-refractivity contribution in [2.75, 3.05) is 44.4 Å². The SMILES string of the molecule is CN(C)CCNc1cccc2c1CCN(C(=O)C=Cc1c(-n3cnnn3)ccc(Cl)c1F)C2C(=O)Nc1ccc(C(=O)OC(C)(C)C)cc1. The zero-order valence-corrected chi connectivity index (χ0v) is 28.7. The number of benzene rings is 3. The van der Waals surface area contributed by atoms with E-state index < -0.39 is 35.2 Å². The Hall–Kier alpha value is -5.14. The number of likely N-dealkylation sites (N-methyl/N-ethyl adjacent to an activating group) is 1. The van der Waals surface area contributed by atoms with Crippen LogP contribution < -0.4 is 10.6 Å². The number of halogens is 2. The maximum atomic E-state index is 15.3. The van der Waals surface area contributed by atoms with E-state index in [1.807, 2.05) is 32.3 Å². The number of carbonyl (C=O) groups excluding carboxylic acids is 3. The van der Waals surface area contributed by atoms with E-state index in [2.05, 4.69) is 31.1 Å². The number of ether oxygens (including phenoxy) is 1. The van der Waals surface area contributed by atoms with Crippen molar-refractivity contribution in [1.82, 2.24) is 30.0 Å². The van der Waals surface area contributed by atoms with Crippen LogP contribution in [0.2, 0.25) is 5.02 Å². The van der Waals surface area contributed by atoms with Crippen molar-refractivity contribution >= 4 is 46.8 Å².